The van der Waals surface area contributed by atoms with Crippen LogP contribution < -0.4 is 5.32 Å². The second-order valence-corrected chi connectivity index (χ2v) is 7.78. The van der Waals surface area contributed by atoms with Gasteiger partial charge in [0.25, 0.3) is 0 Å². The van der Waals surface area contributed by atoms with Gasteiger partial charge in [-0.25, -0.2) is 0 Å². The van der Waals surface area contributed by atoms with Gasteiger partial charge in [-0.3, -0.25) is 14.4 Å². The number of nitrogens with one attached hydrogen (secondary N) is 1. The van der Waals surface area contributed by atoms with Crippen LogP contribution in [0.15, 0.2) is 54.6 Å². The molecule has 6 heteroatoms. The van der Waals surface area contributed by atoms with E-state index >= 15 is 0 Å². The normalized spacial score (nSPS) is 15.9. The number of rotatable bonds is 8. The van der Waals surface area contributed by atoms with E-state index in [9.17, 15) is 14.4 Å². The van der Waals surface area contributed by atoms with Crippen LogP contribution in [0.25, 0.3) is 0 Å². The van der Waals surface area contributed by atoms with E-state index < -0.39 is 5.92 Å². The number of carbonyl (C=O) groups excluding carboxylic acids is 3. The summed E-state index contributed by atoms with van der Waals surface area (Å²) in [7, 11) is 0. The van der Waals surface area contributed by atoms with Crippen molar-refractivity contribution in [1.29, 1.82) is 0 Å². The molecule has 0 unspecified atom stereocenters. The van der Waals surface area contributed by atoms with Gasteiger partial charge in [0.2, 0.25) is 17.7 Å². The van der Waals surface area contributed by atoms with Gasteiger partial charge in [0.05, 0.1) is 12.5 Å². The lowest BCUT2D eigenvalue weighted by molar-refractivity contribution is -0.138. The lowest BCUT2D eigenvalue weighted by Gasteiger charge is -2.25. The van der Waals surface area contributed by atoms with Crippen LogP contribution in [0.2, 0.25) is 0 Å². The summed E-state index contributed by atoms with van der Waals surface area (Å²) < 4.78 is 0. The number of benzene rings is 2. The van der Waals surface area contributed by atoms with E-state index in [1.807, 2.05) is 68.4 Å². The number of amides is 3. The minimum Gasteiger partial charge on any atom is -0.338 e. The Morgan fingerprint density at radius 1 is 1.10 bits per heavy atom. The number of anilines is 1. The largest absolute Gasteiger partial charge is 0.338 e. The van der Waals surface area contributed by atoms with Gasteiger partial charge in [0.15, 0.2) is 0 Å². The van der Waals surface area contributed by atoms with Crippen LogP contribution in [0, 0.1) is 12.8 Å². The molecule has 3 amide bonds. The van der Waals surface area contributed by atoms with Crippen molar-refractivity contribution in [2.24, 2.45) is 5.92 Å². The van der Waals surface area contributed by atoms with E-state index in [2.05, 4.69) is 5.32 Å². The maximum absolute atomic E-state index is 13.1. The molecule has 2 aromatic carbocycles. The molecular weight excluding hydrogens is 378 g/mol. The number of hydrogen-bond donors (Lipinski definition) is 1. The topological polar surface area (TPSA) is 69.7 Å². The minimum atomic E-state index is -0.404. The van der Waals surface area contributed by atoms with Crippen LogP contribution in [0.1, 0.15) is 30.9 Å². The fourth-order valence-electron chi connectivity index (χ4n) is 3.77. The van der Waals surface area contributed by atoms with Crippen molar-refractivity contribution < 1.29 is 14.4 Å². The first kappa shape index (κ1) is 21.6. The van der Waals surface area contributed by atoms with Crippen molar-refractivity contribution in [2.45, 2.75) is 33.2 Å². The Morgan fingerprint density at radius 3 is 2.50 bits per heavy atom. The average molecular weight is 408 g/mol. The molecule has 1 N–H and O–H groups in total. The highest BCUT2D eigenvalue weighted by molar-refractivity contribution is 5.96. The van der Waals surface area contributed by atoms with Crippen LogP contribution in [0.4, 0.5) is 5.69 Å². The van der Waals surface area contributed by atoms with Gasteiger partial charge in [0, 0.05) is 31.7 Å². The molecule has 2 aromatic rings. The monoisotopic (exact) mass is 407 g/mol. The molecule has 0 aromatic heterocycles. The van der Waals surface area contributed by atoms with E-state index in [0.717, 1.165) is 23.2 Å². The standard InChI is InChI=1S/C24H29N3O3/c1-3-13-26(17-22(28)25-21-12-8-7-9-18(21)2)24(30)20-14-23(29)27(16-20)15-19-10-5-4-6-11-19/h4-12,20H,3,13-17H2,1-2H3,(H,25,28)/t20-/m0/s1. The van der Waals surface area contributed by atoms with Crippen LogP contribution in [-0.4, -0.2) is 47.2 Å². The van der Waals surface area contributed by atoms with Crippen LogP contribution in [-0.2, 0) is 20.9 Å². The van der Waals surface area contributed by atoms with Gasteiger partial charge >= 0.3 is 0 Å². The predicted octanol–water partition coefficient (Wildman–Crippen LogP) is 3.22. The molecule has 6 nitrogen and oxygen atoms in total. The Hall–Kier alpha value is -3.15. The fourth-order valence-corrected chi connectivity index (χ4v) is 3.77. The summed E-state index contributed by atoms with van der Waals surface area (Å²) in [4.78, 5) is 41.4. The average Bonchev–Trinajstić information content (AvgIpc) is 3.10. The molecule has 1 aliphatic rings. The van der Waals surface area contributed by atoms with Gasteiger partial charge in [-0.15, -0.1) is 0 Å². The smallest absolute Gasteiger partial charge is 0.244 e. The van der Waals surface area contributed by atoms with Gasteiger partial charge in [-0.05, 0) is 30.5 Å². The van der Waals surface area contributed by atoms with Gasteiger partial charge in [-0.1, -0.05) is 55.5 Å². The molecule has 1 heterocycles. The summed E-state index contributed by atoms with van der Waals surface area (Å²) in [5.41, 5.74) is 2.76. The molecule has 1 aliphatic heterocycles. The first-order valence-electron chi connectivity index (χ1n) is 10.4. The Labute approximate surface area is 177 Å². The molecule has 3 rings (SSSR count). The quantitative estimate of drug-likeness (QED) is 0.730. The second kappa shape index (κ2) is 10.1. The van der Waals surface area contributed by atoms with Crippen LogP contribution >= 0.6 is 0 Å². The third-order valence-electron chi connectivity index (χ3n) is 5.34. The van der Waals surface area contributed by atoms with Crippen molar-refractivity contribution >= 4 is 23.4 Å². The second-order valence-electron chi connectivity index (χ2n) is 7.78. The number of nitrogens with zero attached hydrogens (tertiary/aromatic N) is 2. The summed E-state index contributed by atoms with van der Waals surface area (Å²) in [6.07, 6.45) is 0.947. The summed E-state index contributed by atoms with van der Waals surface area (Å²) >= 11 is 0. The highest BCUT2D eigenvalue weighted by atomic mass is 16.2. The first-order chi connectivity index (χ1) is 14.5. The van der Waals surface area contributed by atoms with E-state index in [4.69, 9.17) is 0 Å². The maximum atomic E-state index is 13.1. The zero-order chi connectivity index (χ0) is 21.5. The minimum absolute atomic E-state index is 0.00954. The summed E-state index contributed by atoms with van der Waals surface area (Å²) in [5.74, 6) is -0.769. The van der Waals surface area contributed by atoms with Crippen LogP contribution in [0.3, 0.4) is 0 Å². The predicted molar refractivity (Wildman–Crippen MR) is 117 cm³/mol. The fraction of sp³-hybridized carbons (Fsp3) is 0.375. The zero-order valence-corrected chi connectivity index (χ0v) is 17.6. The van der Waals surface area contributed by atoms with Gasteiger partial charge < -0.3 is 15.1 Å². The van der Waals surface area contributed by atoms with Crippen molar-refractivity contribution in [2.75, 3.05) is 25.0 Å². The molecule has 0 bridgehead atoms. The van der Waals surface area contributed by atoms with E-state index in [0.29, 0.717) is 19.6 Å². The number of carbonyl (C=O) groups is 3. The Kier molecular flexibility index (Phi) is 7.22. The molecular formula is C24H29N3O3. The highest BCUT2D eigenvalue weighted by Gasteiger charge is 2.36. The Morgan fingerprint density at radius 2 is 1.80 bits per heavy atom. The lowest BCUT2D eigenvalue weighted by atomic mass is 10.1. The SMILES string of the molecule is CCCN(CC(=O)Nc1ccccc1C)C(=O)[C@H]1CC(=O)N(Cc2ccccc2)C1. The molecule has 0 aliphatic carbocycles. The van der Waals surface area contributed by atoms with E-state index in [1.165, 1.54) is 0 Å². The first-order valence-corrected chi connectivity index (χ1v) is 10.4. The summed E-state index contributed by atoms with van der Waals surface area (Å²) in [6, 6.07) is 17.3. The Bertz CT molecular complexity index is 898. The molecule has 158 valence electrons. The third-order valence-corrected chi connectivity index (χ3v) is 5.34. The number of likely N-dealkylation sites (tertiary alicyclic amines) is 1. The van der Waals surface area contributed by atoms with Crippen molar-refractivity contribution in [3.63, 3.8) is 0 Å². The van der Waals surface area contributed by atoms with E-state index in [-0.39, 0.29) is 30.7 Å². The zero-order valence-electron chi connectivity index (χ0n) is 17.6. The van der Waals surface area contributed by atoms with Crippen molar-refractivity contribution in [3.05, 3.63) is 65.7 Å². The molecule has 30 heavy (non-hydrogen) atoms. The maximum Gasteiger partial charge on any atom is 0.244 e. The molecule has 1 fully saturated rings. The van der Waals surface area contributed by atoms with Gasteiger partial charge in [0.1, 0.15) is 0 Å². The third kappa shape index (κ3) is 5.47. The highest BCUT2D eigenvalue weighted by Crippen LogP contribution is 2.22. The number of para-hydroxylation sites is 1. The Balaban J connectivity index is 1.61. The number of aryl methyl sites for hydroxylation is 1. The van der Waals surface area contributed by atoms with Crippen molar-refractivity contribution in [3.8, 4) is 0 Å². The molecule has 1 saturated heterocycles. The summed E-state index contributed by atoms with van der Waals surface area (Å²) in [5, 5.41) is 2.88. The van der Waals surface area contributed by atoms with Gasteiger partial charge in [-0.2, -0.15) is 0 Å². The number of hydrogen-bond acceptors (Lipinski definition) is 3. The van der Waals surface area contributed by atoms with Crippen LogP contribution in [0.5, 0.6) is 0 Å². The molecule has 0 radical (unpaired) electrons. The molecule has 0 spiro atoms. The summed E-state index contributed by atoms with van der Waals surface area (Å²) in [6.45, 7) is 5.28. The molecule has 1 atom stereocenters. The molecule has 0 saturated carbocycles. The van der Waals surface area contributed by atoms with Crippen molar-refractivity contribution in [1.82, 2.24) is 9.80 Å². The van der Waals surface area contributed by atoms with E-state index in [1.54, 1.807) is 9.80 Å². The lowest BCUT2D eigenvalue weighted by Crippen LogP contribution is -2.42.